The van der Waals surface area contributed by atoms with Crippen LogP contribution in [0.2, 0.25) is 0 Å². The number of aryl methyl sites for hydroxylation is 1. The van der Waals surface area contributed by atoms with Crippen LogP contribution in [-0.4, -0.2) is 16.6 Å². The van der Waals surface area contributed by atoms with E-state index in [2.05, 4.69) is 15.5 Å². The average Bonchev–Trinajstić information content (AvgIpc) is 2.63. The highest BCUT2D eigenvalue weighted by Crippen LogP contribution is 2.10. The van der Waals surface area contributed by atoms with Crippen molar-refractivity contribution >= 4 is 11.6 Å². The lowest BCUT2D eigenvalue weighted by molar-refractivity contribution is 0.0955. The zero-order valence-corrected chi connectivity index (χ0v) is 13.3. The van der Waals surface area contributed by atoms with Gasteiger partial charge in [-0.05, 0) is 31.2 Å². The zero-order valence-electron chi connectivity index (χ0n) is 13.3. The Bertz CT molecular complexity index is 817. The third-order valence-corrected chi connectivity index (χ3v) is 3.53. The molecule has 3 rings (SSSR count). The maximum Gasteiger partial charge on any atom is 0.271 e. The Kier molecular flexibility index (Phi) is 4.77. The van der Waals surface area contributed by atoms with Gasteiger partial charge in [0.15, 0.2) is 0 Å². The van der Waals surface area contributed by atoms with E-state index in [0.717, 1.165) is 16.7 Å². The number of aromatic nitrogens is 1. The number of hydrazone groups is 1. The highest BCUT2D eigenvalue weighted by Gasteiger charge is 2.09. The molecular formula is C20H17N3O. The van der Waals surface area contributed by atoms with Crippen molar-refractivity contribution in [2.45, 2.75) is 6.92 Å². The van der Waals surface area contributed by atoms with E-state index in [0.29, 0.717) is 11.3 Å². The Balaban J connectivity index is 1.91. The molecule has 118 valence electrons. The van der Waals surface area contributed by atoms with E-state index in [1.165, 1.54) is 0 Å². The Hall–Kier alpha value is -3.27. The van der Waals surface area contributed by atoms with Gasteiger partial charge in [-0.2, -0.15) is 5.10 Å². The fourth-order valence-electron chi connectivity index (χ4n) is 2.35. The maximum atomic E-state index is 12.3. The minimum absolute atomic E-state index is 0.240. The van der Waals surface area contributed by atoms with E-state index in [4.69, 9.17) is 0 Å². The molecule has 0 spiro atoms. The van der Waals surface area contributed by atoms with Gasteiger partial charge < -0.3 is 0 Å². The molecule has 3 aromatic rings. The van der Waals surface area contributed by atoms with Gasteiger partial charge in [0.25, 0.3) is 5.91 Å². The van der Waals surface area contributed by atoms with E-state index < -0.39 is 0 Å². The van der Waals surface area contributed by atoms with Crippen LogP contribution in [0, 0.1) is 6.92 Å². The third kappa shape index (κ3) is 3.73. The Morgan fingerprint density at radius 3 is 2.38 bits per heavy atom. The lowest BCUT2D eigenvalue weighted by Gasteiger charge is -2.08. The Labute approximate surface area is 140 Å². The molecule has 2 aromatic carbocycles. The maximum absolute atomic E-state index is 12.3. The fourth-order valence-corrected chi connectivity index (χ4v) is 2.35. The first kappa shape index (κ1) is 15.6. The molecule has 0 unspecified atom stereocenters. The summed E-state index contributed by atoms with van der Waals surface area (Å²) < 4.78 is 0. The number of hydrogen-bond donors (Lipinski definition) is 1. The summed E-state index contributed by atoms with van der Waals surface area (Å²) in [5.41, 5.74) is 6.68. The summed E-state index contributed by atoms with van der Waals surface area (Å²) in [6.45, 7) is 1.95. The average molecular weight is 315 g/mol. The highest BCUT2D eigenvalue weighted by atomic mass is 16.2. The second-order valence-electron chi connectivity index (χ2n) is 5.38. The van der Waals surface area contributed by atoms with Crippen LogP contribution in [0.4, 0.5) is 0 Å². The van der Waals surface area contributed by atoms with Crippen LogP contribution in [0.5, 0.6) is 0 Å². The number of nitrogens with zero attached hydrogens (tertiary/aromatic N) is 2. The third-order valence-electron chi connectivity index (χ3n) is 3.53. The van der Waals surface area contributed by atoms with Gasteiger partial charge in [-0.1, -0.05) is 48.0 Å². The first-order valence-corrected chi connectivity index (χ1v) is 7.64. The first-order chi connectivity index (χ1) is 11.7. The summed E-state index contributed by atoms with van der Waals surface area (Å²) in [6.07, 6.45) is 3.43. The molecule has 1 heterocycles. The van der Waals surface area contributed by atoms with Crippen LogP contribution in [0.25, 0.3) is 0 Å². The molecule has 1 amide bonds. The van der Waals surface area contributed by atoms with Gasteiger partial charge in [-0.3, -0.25) is 9.78 Å². The van der Waals surface area contributed by atoms with Gasteiger partial charge in [0.1, 0.15) is 0 Å². The lowest BCUT2D eigenvalue weighted by Crippen LogP contribution is -2.20. The first-order valence-electron chi connectivity index (χ1n) is 7.64. The van der Waals surface area contributed by atoms with E-state index in [9.17, 15) is 4.79 Å². The number of hydrogen-bond acceptors (Lipinski definition) is 3. The van der Waals surface area contributed by atoms with Gasteiger partial charge in [0.2, 0.25) is 0 Å². The summed E-state index contributed by atoms with van der Waals surface area (Å²) in [7, 11) is 0. The van der Waals surface area contributed by atoms with Crippen molar-refractivity contribution in [1.82, 2.24) is 10.4 Å². The van der Waals surface area contributed by atoms with Crippen molar-refractivity contribution in [1.29, 1.82) is 0 Å². The Morgan fingerprint density at radius 1 is 0.917 bits per heavy atom. The largest absolute Gasteiger partial charge is 0.271 e. The van der Waals surface area contributed by atoms with Crippen LogP contribution in [0.1, 0.15) is 27.0 Å². The van der Waals surface area contributed by atoms with Crippen molar-refractivity contribution in [2.24, 2.45) is 5.10 Å². The second-order valence-corrected chi connectivity index (χ2v) is 5.38. The van der Waals surface area contributed by atoms with Gasteiger partial charge in [0.05, 0.1) is 5.71 Å². The van der Waals surface area contributed by atoms with Gasteiger partial charge in [-0.15, -0.1) is 0 Å². The van der Waals surface area contributed by atoms with E-state index in [1.54, 1.807) is 18.5 Å². The molecule has 0 aliphatic carbocycles. The zero-order chi connectivity index (χ0) is 16.8. The van der Waals surface area contributed by atoms with E-state index >= 15 is 0 Å². The van der Waals surface area contributed by atoms with Crippen molar-refractivity contribution < 1.29 is 4.79 Å². The normalized spacial score (nSPS) is 11.1. The van der Waals surface area contributed by atoms with Crippen molar-refractivity contribution in [3.63, 3.8) is 0 Å². The predicted molar refractivity (Wildman–Crippen MR) is 95.0 cm³/mol. The molecule has 0 saturated carbocycles. The predicted octanol–water partition coefficient (Wildman–Crippen LogP) is 3.57. The van der Waals surface area contributed by atoms with Crippen molar-refractivity contribution in [2.75, 3.05) is 0 Å². The molecule has 4 nitrogen and oxygen atoms in total. The standard InChI is InChI=1S/C20H17N3O/c1-15-7-5-10-17(13-15)20(24)23-22-19(16-8-3-2-4-9-16)18-11-6-12-21-14-18/h2-14H,1H3,(H,23,24)/b22-19+. The molecule has 1 aromatic heterocycles. The Morgan fingerprint density at radius 2 is 1.67 bits per heavy atom. The molecule has 0 atom stereocenters. The SMILES string of the molecule is Cc1cccc(C(=O)N/N=C(\c2ccccc2)c2cccnc2)c1. The number of nitrogens with one attached hydrogen (secondary N) is 1. The summed E-state index contributed by atoms with van der Waals surface area (Å²) >= 11 is 0. The molecule has 0 saturated heterocycles. The highest BCUT2D eigenvalue weighted by molar-refractivity contribution is 6.13. The van der Waals surface area contributed by atoms with Crippen LogP contribution >= 0.6 is 0 Å². The summed E-state index contributed by atoms with van der Waals surface area (Å²) in [5, 5.41) is 4.35. The number of benzene rings is 2. The van der Waals surface area contributed by atoms with Gasteiger partial charge >= 0.3 is 0 Å². The minimum atomic E-state index is -0.240. The molecular weight excluding hydrogens is 298 g/mol. The molecule has 0 fully saturated rings. The molecule has 4 heteroatoms. The topological polar surface area (TPSA) is 54.4 Å². The molecule has 0 aliphatic rings. The molecule has 0 radical (unpaired) electrons. The van der Waals surface area contributed by atoms with Gasteiger partial charge in [-0.25, -0.2) is 5.43 Å². The number of carbonyl (C=O) groups is 1. The molecule has 0 bridgehead atoms. The number of rotatable bonds is 4. The lowest BCUT2D eigenvalue weighted by atomic mass is 10.0. The molecule has 24 heavy (non-hydrogen) atoms. The second kappa shape index (κ2) is 7.33. The quantitative estimate of drug-likeness (QED) is 0.591. The van der Waals surface area contributed by atoms with Crippen LogP contribution in [-0.2, 0) is 0 Å². The molecule has 1 N–H and O–H groups in total. The number of amides is 1. The molecule has 0 aliphatic heterocycles. The minimum Gasteiger partial charge on any atom is -0.267 e. The summed E-state index contributed by atoms with van der Waals surface area (Å²) in [4.78, 5) is 16.5. The van der Waals surface area contributed by atoms with E-state index in [-0.39, 0.29) is 5.91 Å². The van der Waals surface area contributed by atoms with Crippen molar-refractivity contribution in [3.8, 4) is 0 Å². The van der Waals surface area contributed by atoms with Gasteiger partial charge in [0, 0.05) is 29.1 Å². The van der Waals surface area contributed by atoms with Crippen LogP contribution < -0.4 is 5.43 Å². The van der Waals surface area contributed by atoms with Crippen LogP contribution in [0.15, 0.2) is 84.2 Å². The summed E-state index contributed by atoms with van der Waals surface area (Å²) in [6, 6.07) is 20.9. The number of carbonyl (C=O) groups excluding carboxylic acids is 1. The fraction of sp³-hybridized carbons (Fsp3) is 0.0500. The number of pyridine rings is 1. The van der Waals surface area contributed by atoms with E-state index in [1.807, 2.05) is 67.6 Å². The monoisotopic (exact) mass is 315 g/mol. The smallest absolute Gasteiger partial charge is 0.267 e. The van der Waals surface area contributed by atoms with Crippen molar-refractivity contribution in [3.05, 3.63) is 101 Å². The van der Waals surface area contributed by atoms with Crippen LogP contribution in [0.3, 0.4) is 0 Å². The summed E-state index contributed by atoms with van der Waals surface area (Å²) in [5.74, 6) is -0.240.